The first-order chi connectivity index (χ1) is 13.2. The highest BCUT2D eigenvalue weighted by molar-refractivity contribution is 5.83. The molecule has 6 nitrogen and oxygen atoms in total. The monoisotopic (exact) mass is 370 g/mol. The van der Waals surface area contributed by atoms with Crippen LogP contribution >= 0.6 is 0 Å². The molecule has 0 saturated carbocycles. The van der Waals surface area contributed by atoms with Gasteiger partial charge in [0.15, 0.2) is 0 Å². The summed E-state index contributed by atoms with van der Waals surface area (Å²) in [5, 5.41) is 4.09. The molecule has 0 bridgehead atoms. The van der Waals surface area contributed by atoms with Crippen LogP contribution in [0.25, 0.3) is 10.9 Å². The van der Waals surface area contributed by atoms with Gasteiger partial charge >= 0.3 is 0 Å². The van der Waals surface area contributed by atoms with Gasteiger partial charge < -0.3 is 15.2 Å². The van der Waals surface area contributed by atoms with Crippen molar-refractivity contribution in [2.75, 3.05) is 39.3 Å². The number of aromatic nitrogens is 1. The van der Waals surface area contributed by atoms with Crippen LogP contribution < -0.4 is 5.32 Å². The number of H-pyrrole nitrogens is 1. The zero-order valence-corrected chi connectivity index (χ0v) is 16.2. The zero-order valence-electron chi connectivity index (χ0n) is 16.2. The molecule has 2 aromatic rings. The van der Waals surface area contributed by atoms with Crippen molar-refractivity contribution >= 4 is 22.7 Å². The molecule has 0 unspecified atom stereocenters. The van der Waals surface area contributed by atoms with E-state index in [1.807, 2.05) is 17.9 Å². The van der Waals surface area contributed by atoms with Crippen LogP contribution in [0.1, 0.15) is 31.7 Å². The standard InChI is InChI=1S/C21H30N4O2/c1-2-22-20(26)16-24-11-6-12-25(14-13-24)21(27)10-5-7-17-15-23-19-9-4-3-8-18(17)19/h3-4,8-9,15,23H,2,5-7,10-14,16H2,1H3,(H,22,26). The highest BCUT2D eigenvalue weighted by Crippen LogP contribution is 2.19. The predicted octanol–water partition coefficient (Wildman–Crippen LogP) is 2.16. The Kier molecular flexibility index (Phi) is 6.87. The van der Waals surface area contributed by atoms with Crippen LogP contribution in [-0.2, 0) is 16.0 Å². The molecule has 2 heterocycles. The molecule has 0 aliphatic carbocycles. The van der Waals surface area contributed by atoms with Crippen LogP contribution in [0.3, 0.4) is 0 Å². The van der Waals surface area contributed by atoms with Crippen LogP contribution in [0.4, 0.5) is 0 Å². The van der Waals surface area contributed by atoms with E-state index in [9.17, 15) is 9.59 Å². The number of benzene rings is 1. The van der Waals surface area contributed by atoms with Crippen molar-refractivity contribution in [1.82, 2.24) is 20.1 Å². The van der Waals surface area contributed by atoms with E-state index in [-0.39, 0.29) is 11.8 Å². The number of nitrogens with one attached hydrogen (secondary N) is 2. The van der Waals surface area contributed by atoms with Gasteiger partial charge in [-0.3, -0.25) is 14.5 Å². The number of fused-ring (bicyclic) bond motifs is 1. The van der Waals surface area contributed by atoms with Gasteiger partial charge in [0.2, 0.25) is 11.8 Å². The van der Waals surface area contributed by atoms with Crippen molar-refractivity contribution in [3.63, 3.8) is 0 Å². The number of hydrogen-bond acceptors (Lipinski definition) is 3. The van der Waals surface area contributed by atoms with Gasteiger partial charge in [-0.2, -0.15) is 0 Å². The minimum atomic E-state index is 0.0657. The third-order valence-corrected chi connectivity index (χ3v) is 5.19. The van der Waals surface area contributed by atoms with Crippen LogP contribution in [0.2, 0.25) is 0 Å². The molecular weight excluding hydrogens is 340 g/mol. The molecule has 2 amide bonds. The van der Waals surface area contributed by atoms with Crippen molar-refractivity contribution in [2.24, 2.45) is 0 Å². The van der Waals surface area contributed by atoms with Crippen molar-refractivity contribution in [2.45, 2.75) is 32.6 Å². The fraction of sp³-hybridized carbons (Fsp3) is 0.524. The second-order valence-corrected chi connectivity index (χ2v) is 7.18. The Balaban J connectivity index is 1.43. The van der Waals surface area contributed by atoms with Crippen LogP contribution in [0, 0.1) is 0 Å². The SMILES string of the molecule is CCNC(=O)CN1CCCN(C(=O)CCCc2c[nH]c3ccccc23)CC1. The molecule has 1 aromatic carbocycles. The van der Waals surface area contributed by atoms with Gasteiger partial charge in [0.1, 0.15) is 0 Å². The summed E-state index contributed by atoms with van der Waals surface area (Å²) < 4.78 is 0. The van der Waals surface area contributed by atoms with Crippen LogP contribution in [-0.4, -0.2) is 65.9 Å². The van der Waals surface area contributed by atoms with Crippen LogP contribution in [0.5, 0.6) is 0 Å². The van der Waals surface area contributed by atoms with Gasteiger partial charge in [-0.15, -0.1) is 0 Å². The van der Waals surface area contributed by atoms with Crippen molar-refractivity contribution < 1.29 is 9.59 Å². The van der Waals surface area contributed by atoms with Gasteiger partial charge in [0.25, 0.3) is 0 Å². The van der Waals surface area contributed by atoms with E-state index in [1.54, 1.807) is 0 Å². The van der Waals surface area contributed by atoms with E-state index >= 15 is 0 Å². The highest BCUT2D eigenvalue weighted by Gasteiger charge is 2.20. The van der Waals surface area contributed by atoms with Crippen molar-refractivity contribution in [3.05, 3.63) is 36.0 Å². The Morgan fingerprint density at radius 1 is 1.15 bits per heavy atom. The highest BCUT2D eigenvalue weighted by atomic mass is 16.2. The maximum atomic E-state index is 12.6. The molecule has 146 valence electrons. The minimum absolute atomic E-state index is 0.0657. The lowest BCUT2D eigenvalue weighted by Gasteiger charge is -2.21. The lowest BCUT2D eigenvalue weighted by Crippen LogP contribution is -2.40. The molecule has 3 rings (SSSR count). The number of likely N-dealkylation sites (N-methyl/N-ethyl adjacent to an activating group) is 1. The molecular formula is C21H30N4O2. The molecule has 0 radical (unpaired) electrons. The first kappa shape index (κ1) is 19.4. The number of para-hydroxylation sites is 1. The molecule has 27 heavy (non-hydrogen) atoms. The number of aryl methyl sites for hydroxylation is 1. The number of rotatable bonds is 7. The number of nitrogens with zero attached hydrogens (tertiary/aromatic N) is 2. The van der Waals surface area contributed by atoms with Gasteiger partial charge in [0, 0.05) is 56.2 Å². The Hall–Kier alpha value is -2.34. The molecule has 0 spiro atoms. The fourth-order valence-corrected chi connectivity index (χ4v) is 3.76. The molecule has 6 heteroatoms. The number of amides is 2. The Labute approximate surface area is 160 Å². The summed E-state index contributed by atoms with van der Waals surface area (Å²) >= 11 is 0. The maximum absolute atomic E-state index is 12.6. The fourth-order valence-electron chi connectivity index (χ4n) is 3.76. The summed E-state index contributed by atoms with van der Waals surface area (Å²) in [6.45, 7) is 6.16. The minimum Gasteiger partial charge on any atom is -0.361 e. The average Bonchev–Trinajstić information content (AvgIpc) is 2.92. The number of hydrogen-bond donors (Lipinski definition) is 2. The summed E-state index contributed by atoms with van der Waals surface area (Å²) in [5.74, 6) is 0.297. The molecule has 1 aromatic heterocycles. The number of aromatic amines is 1. The van der Waals surface area contributed by atoms with Crippen molar-refractivity contribution in [1.29, 1.82) is 0 Å². The van der Waals surface area contributed by atoms with E-state index in [0.717, 1.165) is 44.4 Å². The molecule has 2 N–H and O–H groups in total. The second kappa shape index (κ2) is 9.55. The molecule has 1 aliphatic rings. The van der Waals surface area contributed by atoms with E-state index < -0.39 is 0 Å². The van der Waals surface area contributed by atoms with Gasteiger partial charge in [-0.1, -0.05) is 18.2 Å². The predicted molar refractivity (Wildman–Crippen MR) is 108 cm³/mol. The van der Waals surface area contributed by atoms with Gasteiger partial charge in [-0.25, -0.2) is 0 Å². The summed E-state index contributed by atoms with van der Waals surface area (Å²) in [4.78, 5) is 31.7. The Morgan fingerprint density at radius 3 is 2.85 bits per heavy atom. The van der Waals surface area contributed by atoms with E-state index in [4.69, 9.17) is 0 Å². The van der Waals surface area contributed by atoms with E-state index in [0.29, 0.717) is 26.1 Å². The van der Waals surface area contributed by atoms with E-state index in [2.05, 4.69) is 39.6 Å². The smallest absolute Gasteiger partial charge is 0.234 e. The lowest BCUT2D eigenvalue weighted by molar-refractivity contribution is -0.131. The number of carbonyl (C=O) groups excluding carboxylic acids is 2. The molecule has 1 aliphatic heterocycles. The second-order valence-electron chi connectivity index (χ2n) is 7.18. The zero-order chi connectivity index (χ0) is 19.1. The summed E-state index contributed by atoms with van der Waals surface area (Å²) in [5.41, 5.74) is 2.43. The summed E-state index contributed by atoms with van der Waals surface area (Å²) in [6, 6.07) is 8.28. The normalized spacial score (nSPS) is 15.7. The Morgan fingerprint density at radius 2 is 2.00 bits per heavy atom. The largest absolute Gasteiger partial charge is 0.361 e. The maximum Gasteiger partial charge on any atom is 0.234 e. The third kappa shape index (κ3) is 5.32. The lowest BCUT2D eigenvalue weighted by atomic mass is 10.1. The first-order valence-electron chi connectivity index (χ1n) is 9.99. The Bertz CT molecular complexity index is 770. The third-order valence-electron chi connectivity index (χ3n) is 5.19. The summed E-state index contributed by atoms with van der Waals surface area (Å²) in [7, 11) is 0. The van der Waals surface area contributed by atoms with Crippen molar-refractivity contribution in [3.8, 4) is 0 Å². The molecule has 1 fully saturated rings. The van der Waals surface area contributed by atoms with E-state index in [1.165, 1.54) is 10.9 Å². The number of carbonyl (C=O) groups is 2. The average molecular weight is 370 g/mol. The van der Waals surface area contributed by atoms with Gasteiger partial charge in [-0.05, 0) is 37.8 Å². The summed E-state index contributed by atoms with van der Waals surface area (Å²) in [6.07, 6.45) is 5.33. The quantitative estimate of drug-likeness (QED) is 0.785. The first-order valence-corrected chi connectivity index (χ1v) is 9.99. The van der Waals surface area contributed by atoms with Gasteiger partial charge in [0.05, 0.1) is 6.54 Å². The molecule has 1 saturated heterocycles. The topological polar surface area (TPSA) is 68.4 Å². The molecule has 0 atom stereocenters. The van der Waals surface area contributed by atoms with Crippen LogP contribution in [0.15, 0.2) is 30.5 Å².